The van der Waals surface area contributed by atoms with Crippen LogP contribution in [0.15, 0.2) is 17.0 Å². The summed E-state index contributed by atoms with van der Waals surface area (Å²) in [6.07, 6.45) is 5.09. The number of carbonyl (C=O) groups is 2. The first-order valence-electron chi connectivity index (χ1n) is 7.10. The molecular weight excluding hydrogens is 286 g/mol. The van der Waals surface area contributed by atoms with Gasteiger partial charge in [-0.05, 0) is 67.3 Å². The van der Waals surface area contributed by atoms with Crippen LogP contribution in [0.4, 0.5) is 4.79 Å². The zero-order valence-corrected chi connectivity index (χ0v) is 13.0. The molecule has 0 unspecified atom stereocenters. The maximum absolute atomic E-state index is 12.0. The van der Waals surface area contributed by atoms with Gasteiger partial charge in [-0.2, -0.15) is 0 Å². The molecule has 0 atom stereocenters. The third-order valence-corrected chi connectivity index (χ3v) is 4.76. The van der Waals surface area contributed by atoms with E-state index in [1.54, 1.807) is 6.08 Å². The lowest BCUT2D eigenvalue weighted by Crippen LogP contribution is -2.22. The third-order valence-electron chi connectivity index (χ3n) is 3.80. The van der Waals surface area contributed by atoms with E-state index in [2.05, 4.69) is 12.1 Å². The van der Waals surface area contributed by atoms with Gasteiger partial charge in [0.15, 0.2) is 0 Å². The van der Waals surface area contributed by atoms with Gasteiger partial charge in [0.1, 0.15) is 5.75 Å². The van der Waals surface area contributed by atoms with E-state index in [1.165, 1.54) is 18.2 Å². The molecule has 0 bridgehead atoms. The number of ether oxygens (including phenoxy) is 1. The van der Waals surface area contributed by atoms with Crippen LogP contribution in [-0.4, -0.2) is 29.7 Å². The zero-order chi connectivity index (χ0) is 15.0. The standard InChI is InChI=1S/C16H17NO3S/c1-3-20-13-8-11-6-4-5-10(11)7-12(13)9-14-15(18)17(2)16(19)21-14/h7-9H,3-6H2,1-2H3. The molecule has 2 aliphatic rings. The predicted molar refractivity (Wildman–Crippen MR) is 83.4 cm³/mol. The number of imide groups is 1. The Labute approximate surface area is 128 Å². The highest BCUT2D eigenvalue weighted by molar-refractivity contribution is 8.18. The molecule has 21 heavy (non-hydrogen) atoms. The molecule has 1 fully saturated rings. The summed E-state index contributed by atoms with van der Waals surface area (Å²) in [6.45, 7) is 2.52. The molecule has 0 aromatic heterocycles. The molecule has 1 aromatic rings. The van der Waals surface area contributed by atoms with Crippen molar-refractivity contribution in [2.45, 2.75) is 26.2 Å². The number of hydrogen-bond acceptors (Lipinski definition) is 4. The van der Waals surface area contributed by atoms with E-state index in [9.17, 15) is 9.59 Å². The molecule has 3 rings (SSSR count). The minimum absolute atomic E-state index is 0.231. The molecule has 0 radical (unpaired) electrons. The van der Waals surface area contributed by atoms with Crippen molar-refractivity contribution in [1.29, 1.82) is 0 Å². The van der Waals surface area contributed by atoms with E-state index < -0.39 is 0 Å². The monoisotopic (exact) mass is 303 g/mol. The van der Waals surface area contributed by atoms with Gasteiger partial charge in [0.2, 0.25) is 0 Å². The number of likely N-dealkylation sites (N-methyl/N-ethyl adjacent to an activating group) is 1. The number of rotatable bonds is 3. The van der Waals surface area contributed by atoms with Gasteiger partial charge < -0.3 is 4.74 Å². The number of aryl methyl sites for hydroxylation is 2. The van der Waals surface area contributed by atoms with Crippen LogP contribution >= 0.6 is 11.8 Å². The lowest BCUT2D eigenvalue weighted by molar-refractivity contribution is -0.121. The summed E-state index contributed by atoms with van der Waals surface area (Å²) in [5, 5.41) is -0.231. The molecule has 1 heterocycles. The van der Waals surface area contributed by atoms with Crippen LogP contribution in [0, 0.1) is 0 Å². The van der Waals surface area contributed by atoms with Gasteiger partial charge in [-0.25, -0.2) is 0 Å². The molecule has 0 N–H and O–H groups in total. The highest BCUT2D eigenvalue weighted by Gasteiger charge is 2.32. The van der Waals surface area contributed by atoms with Crippen molar-refractivity contribution in [3.8, 4) is 5.75 Å². The SMILES string of the molecule is CCOc1cc2c(cc1C=C1SC(=O)N(C)C1=O)CCC2. The molecule has 1 aliphatic heterocycles. The number of fused-ring (bicyclic) bond motifs is 1. The van der Waals surface area contributed by atoms with Crippen LogP contribution in [0.25, 0.3) is 6.08 Å². The van der Waals surface area contributed by atoms with E-state index in [0.717, 1.165) is 47.2 Å². The summed E-state index contributed by atoms with van der Waals surface area (Å²) in [5.74, 6) is 0.550. The molecule has 110 valence electrons. The Morgan fingerprint density at radius 3 is 2.62 bits per heavy atom. The van der Waals surface area contributed by atoms with Crippen molar-refractivity contribution in [3.05, 3.63) is 33.7 Å². The van der Waals surface area contributed by atoms with Crippen LogP contribution < -0.4 is 4.74 Å². The Morgan fingerprint density at radius 2 is 2.00 bits per heavy atom. The molecule has 1 aliphatic carbocycles. The fraction of sp³-hybridized carbons (Fsp3) is 0.375. The van der Waals surface area contributed by atoms with Crippen LogP contribution in [0.5, 0.6) is 5.75 Å². The highest BCUT2D eigenvalue weighted by Crippen LogP contribution is 2.35. The van der Waals surface area contributed by atoms with E-state index in [-0.39, 0.29) is 11.1 Å². The van der Waals surface area contributed by atoms with Crippen molar-refractivity contribution in [2.75, 3.05) is 13.7 Å². The van der Waals surface area contributed by atoms with Crippen molar-refractivity contribution < 1.29 is 14.3 Å². The van der Waals surface area contributed by atoms with Crippen LogP contribution in [0.3, 0.4) is 0 Å². The Kier molecular flexibility index (Phi) is 3.76. The van der Waals surface area contributed by atoms with Crippen LogP contribution in [0.1, 0.15) is 30.0 Å². The van der Waals surface area contributed by atoms with Crippen molar-refractivity contribution in [2.24, 2.45) is 0 Å². The summed E-state index contributed by atoms with van der Waals surface area (Å²) in [5.41, 5.74) is 3.54. The first kappa shape index (κ1) is 14.2. The molecule has 5 heteroatoms. The second-order valence-corrected chi connectivity index (χ2v) is 6.18. The van der Waals surface area contributed by atoms with Crippen molar-refractivity contribution >= 4 is 29.0 Å². The predicted octanol–water partition coefficient (Wildman–Crippen LogP) is 3.24. The van der Waals surface area contributed by atoms with Gasteiger partial charge in [0.05, 0.1) is 11.5 Å². The molecule has 0 saturated carbocycles. The van der Waals surface area contributed by atoms with Crippen LogP contribution in [0.2, 0.25) is 0 Å². The summed E-state index contributed by atoms with van der Waals surface area (Å²) >= 11 is 0.980. The summed E-state index contributed by atoms with van der Waals surface area (Å²) < 4.78 is 5.70. The first-order valence-corrected chi connectivity index (χ1v) is 7.92. The maximum Gasteiger partial charge on any atom is 0.293 e. The lowest BCUT2D eigenvalue weighted by Gasteiger charge is -2.11. The summed E-state index contributed by atoms with van der Waals surface area (Å²) in [7, 11) is 1.50. The molecule has 1 saturated heterocycles. The van der Waals surface area contributed by atoms with Gasteiger partial charge in [0.25, 0.3) is 11.1 Å². The molecule has 0 spiro atoms. The van der Waals surface area contributed by atoms with Crippen molar-refractivity contribution in [1.82, 2.24) is 4.90 Å². The second kappa shape index (κ2) is 5.56. The first-order chi connectivity index (χ1) is 10.1. The lowest BCUT2D eigenvalue weighted by atomic mass is 10.0. The smallest absolute Gasteiger partial charge is 0.293 e. The Hall–Kier alpha value is -1.75. The van der Waals surface area contributed by atoms with Crippen molar-refractivity contribution in [3.63, 3.8) is 0 Å². The Morgan fingerprint density at radius 1 is 1.29 bits per heavy atom. The minimum atomic E-state index is -0.243. The number of carbonyl (C=O) groups excluding carboxylic acids is 2. The van der Waals surface area contributed by atoms with E-state index in [0.29, 0.717) is 11.5 Å². The summed E-state index contributed by atoms with van der Waals surface area (Å²) in [4.78, 5) is 25.2. The normalized spacial score (nSPS) is 19.5. The molecule has 4 nitrogen and oxygen atoms in total. The molecule has 2 amide bonds. The van der Waals surface area contributed by atoms with E-state index in [4.69, 9.17) is 4.74 Å². The van der Waals surface area contributed by atoms with E-state index in [1.807, 2.05) is 6.92 Å². The molecule has 1 aromatic carbocycles. The van der Waals surface area contributed by atoms with Gasteiger partial charge >= 0.3 is 0 Å². The van der Waals surface area contributed by atoms with Gasteiger partial charge in [-0.1, -0.05) is 0 Å². The topological polar surface area (TPSA) is 46.6 Å². The minimum Gasteiger partial charge on any atom is -0.493 e. The summed E-state index contributed by atoms with van der Waals surface area (Å²) in [6, 6.07) is 4.17. The van der Waals surface area contributed by atoms with Gasteiger partial charge in [-0.15, -0.1) is 0 Å². The van der Waals surface area contributed by atoms with E-state index >= 15 is 0 Å². The van der Waals surface area contributed by atoms with Crippen LogP contribution in [-0.2, 0) is 17.6 Å². The highest BCUT2D eigenvalue weighted by atomic mass is 32.2. The average molecular weight is 303 g/mol. The second-order valence-electron chi connectivity index (χ2n) is 5.19. The largest absolute Gasteiger partial charge is 0.493 e. The quantitative estimate of drug-likeness (QED) is 0.804. The number of amides is 2. The maximum atomic E-state index is 12.0. The number of hydrogen-bond donors (Lipinski definition) is 0. The molecular formula is C16H17NO3S. The number of thioether (sulfide) groups is 1. The van der Waals surface area contributed by atoms with Gasteiger partial charge in [-0.3, -0.25) is 14.5 Å². The Balaban J connectivity index is 2.02. The van der Waals surface area contributed by atoms with Gasteiger partial charge in [0, 0.05) is 12.6 Å². The number of benzene rings is 1. The Bertz CT molecular complexity index is 651. The fourth-order valence-corrected chi connectivity index (χ4v) is 3.52. The average Bonchev–Trinajstić information content (AvgIpc) is 3.00. The number of nitrogens with zero attached hydrogens (tertiary/aromatic N) is 1. The fourth-order valence-electron chi connectivity index (χ4n) is 2.70. The third kappa shape index (κ3) is 2.58. The zero-order valence-electron chi connectivity index (χ0n) is 12.1.